The molecule has 1 N–H and O–H groups in total. The van der Waals surface area contributed by atoms with E-state index in [0.29, 0.717) is 0 Å². The van der Waals surface area contributed by atoms with Crippen LogP contribution in [0.15, 0.2) is 16.8 Å². The molecule has 0 aromatic rings. The molecule has 0 saturated carbocycles. The van der Waals surface area contributed by atoms with Gasteiger partial charge in [0.05, 0.1) is 0 Å². The van der Waals surface area contributed by atoms with E-state index >= 15 is 0 Å². The third-order valence-corrected chi connectivity index (χ3v) is 1.27. The molecule has 0 amide bonds. The predicted molar refractivity (Wildman–Crippen MR) is 46.5 cm³/mol. The summed E-state index contributed by atoms with van der Waals surface area (Å²) < 4.78 is 0. The van der Waals surface area contributed by atoms with Crippen molar-refractivity contribution < 1.29 is 0 Å². The summed E-state index contributed by atoms with van der Waals surface area (Å²) in [4.78, 5) is 3.86. The zero-order chi connectivity index (χ0) is 7.82. The number of nitrogens with one attached hydrogen (secondary N) is 1. The zero-order valence-electron chi connectivity index (χ0n) is 7.02. The molecule has 0 aliphatic carbocycles. The maximum absolute atomic E-state index is 3.86. The van der Waals surface area contributed by atoms with Gasteiger partial charge in [-0.05, 0) is 12.5 Å². The van der Waals surface area contributed by atoms with Crippen molar-refractivity contribution in [1.29, 1.82) is 0 Å². The Labute approximate surface area is 63.0 Å². The third-order valence-electron chi connectivity index (χ3n) is 1.27. The lowest BCUT2D eigenvalue weighted by Gasteiger charge is -2.01. The number of nitrogens with zero attached hydrogens (tertiary/aromatic N) is 1. The minimum atomic E-state index is 1.10. The molecule has 0 fully saturated rings. The number of hydrogen-bond acceptors (Lipinski definition) is 2. The molecule has 0 spiro atoms. The molecule has 0 atom stereocenters. The normalized spacial score (nSPS) is 12.5. The highest BCUT2D eigenvalue weighted by atomic mass is 14.8. The average Bonchev–Trinajstić information content (AvgIpc) is 1.98. The maximum Gasteiger partial charge on any atom is 0.0277 e. The highest BCUT2D eigenvalue weighted by Gasteiger charge is 1.87. The lowest BCUT2D eigenvalue weighted by atomic mass is 10.2. The van der Waals surface area contributed by atoms with E-state index in [1.165, 1.54) is 12.1 Å². The average molecular weight is 140 g/mol. The standard InChI is InChI=1S/C8H16N2/c1-4-5-8(10-3)6-7-9-2/h6-7,10H,4-5H2,1-3H3/b8-6-,9-7-. The molecule has 0 aromatic heterocycles. The van der Waals surface area contributed by atoms with Crippen LogP contribution in [0.25, 0.3) is 0 Å². The van der Waals surface area contributed by atoms with Crippen molar-refractivity contribution in [2.24, 2.45) is 4.99 Å². The quantitative estimate of drug-likeness (QED) is 0.589. The van der Waals surface area contributed by atoms with Crippen LogP contribution in [0.4, 0.5) is 0 Å². The van der Waals surface area contributed by atoms with E-state index in [9.17, 15) is 0 Å². The van der Waals surface area contributed by atoms with Crippen molar-refractivity contribution in [3.63, 3.8) is 0 Å². The molecule has 10 heavy (non-hydrogen) atoms. The number of hydrogen-bond donors (Lipinski definition) is 1. The summed E-state index contributed by atoms with van der Waals surface area (Å²) in [6.45, 7) is 2.16. The summed E-state index contributed by atoms with van der Waals surface area (Å²) in [6.07, 6.45) is 6.08. The van der Waals surface area contributed by atoms with Crippen LogP contribution in [0.2, 0.25) is 0 Å². The SMILES string of the molecule is CCC/C(=C/C=N\C)NC. The first-order chi connectivity index (χ1) is 4.85. The van der Waals surface area contributed by atoms with E-state index in [0.717, 1.165) is 6.42 Å². The Morgan fingerprint density at radius 1 is 1.60 bits per heavy atom. The molecule has 0 aliphatic heterocycles. The van der Waals surface area contributed by atoms with Gasteiger partial charge in [0.15, 0.2) is 0 Å². The number of allylic oxidation sites excluding steroid dienone is 2. The monoisotopic (exact) mass is 140 g/mol. The summed E-state index contributed by atoms with van der Waals surface area (Å²) >= 11 is 0. The van der Waals surface area contributed by atoms with E-state index in [2.05, 4.69) is 17.2 Å². The second-order valence-electron chi connectivity index (χ2n) is 2.10. The fraction of sp³-hybridized carbons (Fsp3) is 0.625. The Bertz CT molecular complexity index is 125. The number of rotatable bonds is 4. The molecule has 2 nitrogen and oxygen atoms in total. The van der Waals surface area contributed by atoms with Crippen molar-refractivity contribution in [3.05, 3.63) is 11.8 Å². The summed E-state index contributed by atoms with van der Waals surface area (Å²) in [7, 11) is 3.71. The zero-order valence-corrected chi connectivity index (χ0v) is 7.02. The fourth-order valence-corrected chi connectivity index (χ4v) is 0.726. The van der Waals surface area contributed by atoms with Crippen molar-refractivity contribution in [3.8, 4) is 0 Å². The summed E-state index contributed by atoms with van der Waals surface area (Å²) in [5.74, 6) is 0. The van der Waals surface area contributed by atoms with E-state index in [1.54, 1.807) is 7.05 Å². The Morgan fingerprint density at radius 2 is 2.30 bits per heavy atom. The predicted octanol–water partition coefficient (Wildman–Crippen LogP) is 1.59. The highest BCUT2D eigenvalue weighted by molar-refractivity contribution is 5.71. The van der Waals surface area contributed by atoms with Crippen molar-refractivity contribution >= 4 is 6.21 Å². The Kier molecular flexibility index (Phi) is 5.83. The molecular formula is C8H16N2. The van der Waals surface area contributed by atoms with Crippen molar-refractivity contribution in [2.45, 2.75) is 19.8 Å². The van der Waals surface area contributed by atoms with Gasteiger partial charge in [0, 0.05) is 26.0 Å². The van der Waals surface area contributed by atoms with Gasteiger partial charge in [-0.25, -0.2) is 0 Å². The van der Waals surface area contributed by atoms with Gasteiger partial charge in [-0.2, -0.15) is 0 Å². The largest absolute Gasteiger partial charge is 0.391 e. The van der Waals surface area contributed by atoms with Gasteiger partial charge < -0.3 is 5.32 Å². The van der Waals surface area contributed by atoms with Gasteiger partial charge in [0.25, 0.3) is 0 Å². The van der Waals surface area contributed by atoms with E-state index < -0.39 is 0 Å². The fourth-order valence-electron chi connectivity index (χ4n) is 0.726. The van der Waals surface area contributed by atoms with E-state index in [-0.39, 0.29) is 0 Å². The molecule has 2 heteroatoms. The van der Waals surface area contributed by atoms with Gasteiger partial charge in [0.1, 0.15) is 0 Å². The van der Waals surface area contributed by atoms with Gasteiger partial charge in [-0.15, -0.1) is 0 Å². The molecule has 0 aromatic carbocycles. The van der Waals surface area contributed by atoms with Gasteiger partial charge >= 0.3 is 0 Å². The molecule has 0 saturated heterocycles. The minimum absolute atomic E-state index is 1.10. The first kappa shape index (κ1) is 9.21. The molecule has 0 heterocycles. The molecular weight excluding hydrogens is 124 g/mol. The lowest BCUT2D eigenvalue weighted by molar-refractivity contribution is 0.818. The van der Waals surface area contributed by atoms with Crippen molar-refractivity contribution in [2.75, 3.05) is 14.1 Å². The minimum Gasteiger partial charge on any atom is -0.391 e. The van der Waals surface area contributed by atoms with E-state index in [1.807, 2.05) is 19.3 Å². The van der Waals surface area contributed by atoms with Gasteiger partial charge in [-0.1, -0.05) is 13.3 Å². The summed E-state index contributed by atoms with van der Waals surface area (Å²) in [6, 6.07) is 0. The highest BCUT2D eigenvalue weighted by Crippen LogP contribution is 1.97. The summed E-state index contributed by atoms with van der Waals surface area (Å²) in [5.41, 5.74) is 1.24. The Hall–Kier alpha value is -0.790. The smallest absolute Gasteiger partial charge is 0.0277 e. The maximum atomic E-state index is 3.86. The van der Waals surface area contributed by atoms with Crippen LogP contribution in [-0.4, -0.2) is 20.3 Å². The molecule has 0 aliphatic rings. The van der Waals surface area contributed by atoms with Crippen molar-refractivity contribution in [1.82, 2.24) is 5.32 Å². The molecule has 0 unspecified atom stereocenters. The van der Waals surface area contributed by atoms with Crippen LogP contribution in [0.3, 0.4) is 0 Å². The first-order valence-electron chi connectivity index (χ1n) is 3.64. The lowest BCUT2D eigenvalue weighted by Crippen LogP contribution is -2.05. The third kappa shape index (κ3) is 4.13. The molecule has 58 valence electrons. The van der Waals surface area contributed by atoms with Crippen LogP contribution < -0.4 is 5.32 Å². The van der Waals surface area contributed by atoms with Gasteiger partial charge in [-0.3, -0.25) is 4.99 Å². The Balaban J connectivity index is 3.78. The van der Waals surface area contributed by atoms with Crippen LogP contribution in [0.5, 0.6) is 0 Å². The number of aliphatic imine (C=N–C) groups is 1. The molecule has 0 bridgehead atoms. The van der Waals surface area contributed by atoms with Gasteiger partial charge in [0.2, 0.25) is 0 Å². The second kappa shape index (κ2) is 6.33. The topological polar surface area (TPSA) is 24.4 Å². The molecule has 0 radical (unpaired) electrons. The van der Waals surface area contributed by atoms with Crippen LogP contribution in [0, 0.1) is 0 Å². The van der Waals surface area contributed by atoms with E-state index in [4.69, 9.17) is 0 Å². The first-order valence-corrected chi connectivity index (χ1v) is 3.64. The van der Waals surface area contributed by atoms with Crippen LogP contribution in [0.1, 0.15) is 19.8 Å². The Morgan fingerprint density at radius 3 is 2.70 bits per heavy atom. The van der Waals surface area contributed by atoms with Crippen LogP contribution >= 0.6 is 0 Å². The summed E-state index contributed by atoms with van der Waals surface area (Å²) in [5, 5.41) is 3.11. The molecule has 0 rings (SSSR count). The van der Waals surface area contributed by atoms with Crippen LogP contribution in [-0.2, 0) is 0 Å². The second-order valence-corrected chi connectivity index (χ2v) is 2.10.